The van der Waals surface area contributed by atoms with Crippen LogP contribution in [-0.4, -0.2) is 54.0 Å². The number of likely N-dealkylation sites (N-methyl/N-ethyl adjacent to an activating group) is 1. The van der Waals surface area contributed by atoms with E-state index in [4.69, 9.17) is 5.26 Å². The molecule has 2 rings (SSSR count). The number of amides is 1. The van der Waals surface area contributed by atoms with Crippen molar-refractivity contribution in [1.29, 1.82) is 5.26 Å². The van der Waals surface area contributed by atoms with Crippen LogP contribution in [0.2, 0.25) is 0 Å². The van der Waals surface area contributed by atoms with Crippen LogP contribution in [0.25, 0.3) is 6.08 Å². The van der Waals surface area contributed by atoms with Gasteiger partial charge in [0.15, 0.2) is 0 Å². The van der Waals surface area contributed by atoms with Crippen molar-refractivity contribution in [2.24, 2.45) is 5.92 Å². The molecule has 1 saturated heterocycles. The predicted molar refractivity (Wildman–Crippen MR) is 94.5 cm³/mol. The first kappa shape index (κ1) is 17.7. The number of rotatable bonds is 5. The van der Waals surface area contributed by atoms with Gasteiger partial charge in [-0.3, -0.25) is 4.79 Å². The molecule has 7 nitrogen and oxygen atoms in total. The number of hydrogen-bond donors (Lipinski definition) is 1. The normalized spacial score (nSPS) is 20.2. The first-order valence-electron chi connectivity index (χ1n) is 8.06. The molecule has 24 heavy (non-hydrogen) atoms. The Labute approximate surface area is 143 Å². The van der Waals surface area contributed by atoms with Gasteiger partial charge in [0.2, 0.25) is 5.91 Å². The molecule has 0 bridgehead atoms. The molecule has 1 aliphatic rings. The maximum Gasteiger partial charge on any atom is 0.236 e. The Bertz CT molecular complexity index is 653. The third kappa shape index (κ3) is 3.48. The molecule has 1 aromatic rings. The third-order valence-electron chi connectivity index (χ3n) is 4.64. The quantitative estimate of drug-likeness (QED) is 0.886. The van der Waals surface area contributed by atoms with E-state index in [0.717, 1.165) is 23.6 Å². The summed E-state index contributed by atoms with van der Waals surface area (Å²) in [5.74, 6) is 1.82. The van der Waals surface area contributed by atoms with Gasteiger partial charge in [0.1, 0.15) is 24.4 Å². The zero-order chi connectivity index (χ0) is 17.7. The lowest BCUT2D eigenvalue weighted by molar-refractivity contribution is -0.131. The monoisotopic (exact) mass is 328 g/mol. The molecule has 2 atom stereocenters. The molecule has 1 aromatic heterocycles. The molecule has 2 unspecified atom stereocenters. The van der Waals surface area contributed by atoms with Crippen LogP contribution in [0.3, 0.4) is 0 Å². The van der Waals surface area contributed by atoms with Gasteiger partial charge >= 0.3 is 0 Å². The van der Waals surface area contributed by atoms with Crippen LogP contribution in [-0.2, 0) is 4.79 Å². The van der Waals surface area contributed by atoms with Gasteiger partial charge in [0.05, 0.1) is 17.7 Å². The largest absolute Gasteiger partial charge is 0.372 e. The van der Waals surface area contributed by atoms with Gasteiger partial charge in [-0.05, 0) is 12.3 Å². The minimum Gasteiger partial charge on any atom is -0.372 e. The van der Waals surface area contributed by atoms with Crippen molar-refractivity contribution in [2.75, 3.05) is 37.4 Å². The first-order valence-corrected chi connectivity index (χ1v) is 8.06. The number of nitrogens with zero attached hydrogens (tertiary/aromatic N) is 5. The van der Waals surface area contributed by atoms with Crippen molar-refractivity contribution in [2.45, 2.75) is 25.8 Å². The molecule has 0 aromatic carbocycles. The molecule has 0 aliphatic carbocycles. The minimum atomic E-state index is -0.106. The van der Waals surface area contributed by atoms with Crippen LogP contribution in [0.4, 0.5) is 11.6 Å². The fraction of sp³-hybridized carbons (Fsp3) is 0.529. The summed E-state index contributed by atoms with van der Waals surface area (Å²) in [6, 6.07) is 2.06. The Balaban J connectivity index is 2.27. The summed E-state index contributed by atoms with van der Waals surface area (Å²) < 4.78 is 0. The van der Waals surface area contributed by atoms with E-state index < -0.39 is 0 Å². The second kappa shape index (κ2) is 7.77. The Morgan fingerprint density at radius 1 is 1.62 bits per heavy atom. The van der Waals surface area contributed by atoms with E-state index in [9.17, 15) is 4.79 Å². The van der Waals surface area contributed by atoms with Gasteiger partial charge in [-0.2, -0.15) is 5.26 Å². The number of likely N-dealkylation sites (tertiary alicyclic amines) is 1. The highest BCUT2D eigenvalue weighted by atomic mass is 16.2. The van der Waals surface area contributed by atoms with Gasteiger partial charge in [-0.15, -0.1) is 0 Å². The number of hydrogen-bond acceptors (Lipinski definition) is 6. The zero-order valence-corrected chi connectivity index (χ0v) is 14.5. The van der Waals surface area contributed by atoms with Crippen molar-refractivity contribution in [3.05, 3.63) is 18.5 Å². The fourth-order valence-electron chi connectivity index (χ4n) is 3.17. The summed E-state index contributed by atoms with van der Waals surface area (Å²) >= 11 is 0. The molecule has 128 valence electrons. The van der Waals surface area contributed by atoms with Crippen molar-refractivity contribution in [3.63, 3.8) is 0 Å². The molecule has 1 aliphatic heterocycles. The molecular weight excluding hydrogens is 304 g/mol. The van der Waals surface area contributed by atoms with Crippen LogP contribution in [0, 0.1) is 17.2 Å². The van der Waals surface area contributed by atoms with E-state index in [-0.39, 0.29) is 18.4 Å². The van der Waals surface area contributed by atoms with Crippen LogP contribution in [0.5, 0.6) is 0 Å². The highest BCUT2D eigenvalue weighted by molar-refractivity contribution is 5.78. The van der Waals surface area contributed by atoms with Gasteiger partial charge < -0.3 is 15.1 Å². The first-order chi connectivity index (χ1) is 11.5. The maximum absolute atomic E-state index is 12.1. The molecule has 0 spiro atoms. The lowest BCUT2D eigenvalue weighted by Crippen LogP contribution is -2.53. The second-order valence-corrected chi connectivity index (χ2v) is 6.03. The highest BCUT2D eigenvalue weighted by Crippen LogP contribution is 2.29. The summed E-state index contributed by atoms with van der Waals surface area (Å²) in [6.45, 7) is 7.34. The number of anilines is 2. The van der Waals surface area contributed by atoms with Crippen molar-refractivity contribution in [3.8, 4) is 6.07 Å². The van der Waals surface area contributed by atoms with E-state index in [0.29, 0.717) is 19.0 Å². The van der Waals surface area contributed by atoms with Crippen molar-refractivity contribution >= 4 is 23.6 Å². The van der Waals surface area contributed by atoms with Crippen LogP contribution in [0.15, 0.2) is 12.9 Å². The lowest BCUT2D eigenvalue weighted by atomic mass is 9.92. The molecule has 1 fully saturated rings. The predicted octanol–water partition coefficient (Wildman–Crippen LogP) is 1.75. The summed E-state index contributed by atoms with van der Waals surface area (Å²) in [6.07, 6.45) is 4.10. The minimum absolute atomic E-state index is 0.0693. The highest BCUT2D eigenvalue weighted by Gasteiger charge is 2.32. The zero-order valence-electron chi connectivity index (χ0n) is 14.5. The standard InChI is InChI=1S/C17H24N6O/c1-5-13-16(19-3)20-11-21-17(13)22(4)14-10-23(9-7-12(14)2)15(24)6-8-18/h5,11-12,14H,1,6-7,9-10H2,2-4H3,(H,19,20,21). The number of nitrogens with one attached hydrogen (secondary N) is 1. The molecule has 1 amide bonds. The molecule has 0 radical (unpaired) electrons. The van der Waals surface area contributed by atoms with Crippen LogP contribution < -0.4 is 10.2 Å². The van der Waals surface area contributed by atoms with E-state index in [1.807, 2.05) is 20.2 Å². The SMILES string of the molecule is C=Cc1c(NC)ncnc1N(C)C1CN(C(=O)CC#N)CCC1C. The van der Waals surface area contributed by atoms with E-state index in [2.05, 4.69) is 33.7 Å². The molecule has 1 N–H and O–H groups in total. The average Bonchev–Trinajstić information content (AvgIpc) is 2.60. The summed E-state index contributed by atoms with van der Waals surface area (Å²) in [5.41, 5.74) is 0.843. The topological polar surface area (TPSA) is 85.2 Å². The Hall–Kier alpha value is -2.62. The molecular formula is C17H24N6O. The van der Waals surface area contributed by atoms with Crippen LogP contribution in [0.1, 0.15) is 25.3 Å². The van der Waals surface area contributed by atoms with Gasteiger partial charge in [0, 0.05) is 27.2 Å². The Morgan fingerprint density at radius 3 is 3.00 bits per heavy atom. The van der Waals surface area contributed by atoms with Gasteiger partial charge in [-0.1, -0.05) is 19.6 Å². The third-order valence-corrected chi connectivity index (χ3v) is 4.64. The summed E-state index contributed by atoms with van der Waals surface area (Å²) in [4.78, 5) is 24.6. The van der Waals surface area contributed by atoms with Gasteiger partial charge in [0.25, 0.3) is 0 Å². The molecule has 0 saturated carbocycles. The average molecular weight is 328 g/mol. The Morgan fingerprint density at radius 2 is 2.38 bits per heavy atom. The number of carbonyl (C=O) groups excluding carboxylic acids is 1. The van der Waals surface area contributed by atoms with E-state index in [1.54, 1.807) is 11.0 Å². The number of piperidine rings is 1. The number of aromatic nitrogens is 2. The molecule has 7 heteroatoms. The van der Waals surface area contributed by atoms with E-state index in [1.165, 1.54) is 6.33 Å². The summed E-state index contributed by atoms with van der Waals surface area (Å²) in [5, 5.41) is 11.8. The molecule has 2 heterocycles. The second-order valence-electron chi connectivity index (χ2n) is 6.03. The maximum atomic E-state index is 12.1. The fourth-order valence-corrected chi connectivity index (χ4v) is 3.17. The van der Waals surface area contributed by atoms with Crippen LogP contribution >= 0.6 is 0 Å². The van der Waals surface area contributed by atoms with Gasteiger partial charge in [-0.25, -0.2) is 9.97 Å². The van der Waals surface area contributed by atoms with Crippen molar-refractivity contribution in [1.82, 2.24) is 14.9 Å². The van der Waals surface area contributed by atoms with Crippen molar-refractivity contribution < 1.29 is 4.79 Å². The van der Waals surface area contributed by atoms with E-state index >= 15 is 0 Å². The lowest BCUT2D eigenvalue weighted by Gasteiger charge is -2.42. The summed E-state index contributed by atoms with van der Waals surface area (Å²) in [7, 11) is 3.79. The number of carbonyl (C=O) groups is 1. The smallest absolute Gasteiger partial charge is 0.236 e. The number of nitriles is 1. The Kier molecular flexibility index (Phi) is 5.74.